The Balaban J connectivity index is 2.65. The molecular formula is C6H5F3N2O2. The summed E-state index contributed by atoms with van der Waals surface area (Å²) in [6, 6.07) is 1.18. The quantitative estimate of drug-likeness (QED) is 0.736. The summed E-state index contributed by atoms with van der Waals surface area (Å²) in [5.41, 5.74) is 0. The van der Waals surface area contributed by atoms with Crippen LogP contribution < -0.4 is 5.32 Å². The maximum absolute atomic E-state index is 11.7. The summed E-state index contributed by atoms with van der Waals surface area (Å²) in [5.74, 6) is -2.00. The zero-order chi connectivity index (χ0) is 10.1. The van der Waals surface area contributed by atoms with E-state index >= 15 is 0 Å². The molecule has 13 heavy (non-hydrogen) atoms. The standard InChI is InChI=1S/C6H5F3N2O2/c1-3-2-4(11-13-3)10-5(12)6(7,8)9/h2H,1H3,(H,10,11,12). The van der Waals surface area contributed by atoms with Gasteiger partial charge in [-0.15, -0.1) is 0 Å². The van der Waals surface area contributed by atoms with Crippen LogP contribution in [0, 0.1) is 6.92 Å². The van der Waals surface area contributed by atoms with E-state index in [9.17, 15) is 18.0 Å². The van der Waals surface area contributed by atoms with Crippen molar-refractivity contribution in [2.45, 2.75) is 13.1 Å². The fraction of sp³-hybridized carbons (Fsp3) is 0.333. The third-order valence-corrected chi connectivity index (χ3v) is 1.13. The van der Waals surface area contributed by atoms with Crippen LogP contribution in [0.5, 0.6) is 0 Å². The van der Waals surface area contributed by atoms with Gasteiger partial charge in [0.05, 0.1) is 0 Å². The van der Waals surface area contributed by atoms with Crippen molar-refractivity contribution in [2.24, 2.45) is 0 Å². The lowest BCUT2D eigenvalue weighted by atomic mass is 10.5. The number of halogens is 3. The Bertz CT molecular complexity index is 318. The van der Waals surface area contributed by atoms with Crippen LogP contribution in [0.25, 0.3) is 0 Å². The van der Waals surface area contributed by atoms with Gasteiger partial charge in [0, 0.05) is 6.07 Å². The summed E-state index contributed by atoms with van der Waals surface area (Å²) in [5, 5.41) is 4.70. The second-order valence-electron chi connectivity index (χ2n) is 2.27. The number of carbonyl (C=O) groups excluding carboxylic acids is 1. The van der Waals surface area contributed by atoms with Crippen LogP contribution in [0.15, 0.2) is 10.6 Å². The van der Waals surface area contributed by atoms with Crippen molar-refractivity contribution in [3.63, 3.8) is 0 Å². The third kappa shape index (κ3) is 2.46. The molecule has 0 bridgehead atoms. The number of carbonyl (C=O) groups is 1. The molecule has 72 valence electrons. The Hall–Kier alpha value is -1.53. The molecule has 0 aliphatic rings. The molecule has 0 aromatic carbocycles. The fourth-order valence-corrected chi connectivity index (χ4v) is 0.613. The van der Waals surface area contributed by atoms with Crippen molar-refractivity contribution in [1.82, 2.24) is 5.16 Å². The molecule has 0 fully saturated rings. The number of aryl methyl sites for hydroxylation is 1. The van der Waals surface area contributed by atoms with Crippen LogP contribution >= 0.6 is 0 Å². The minimum atomic E-state index is -4.91. The second-order valence-corrected chi connectivity index (χ2v) is 2.27. The number of hydrogen-bond acceptors (Lipinski definition) is 3. The highest BCUT2D eigenvalue weighted by atomic mass is 19.4. The zero-order valence-electron chi connectivity index (χ0n) is 6.47. The van der Waals surface area contributed by atoms with Crippen LogP contribution in [0.1, 0.15) is 5.76 Å². The number of rotatable bonds is 1. The zero-order valence-corrected chi connectivity index (χ0v) is 6.47. The molecule has 1 N–H and O–H groups in total. The highest BCUT2D eigenvalue weighted by molar-refractivity contribution is 5.94. The summed E-state index contributed by atoms with van der Waals surface area (Å²) in [6.07, 6.45) is -4.91. The average molecular weight is 194 g/mol. The Morgan fingerprint density at radius 2 is 2.23 bits per heavy atom. The molecule has 0 unspecified atom stereocenters. The van der Waals surface area contributed by atoms with Gasteiger partial charge in [0.2, 0.25) is 0 Å². The highest BCUT2D eigenvalue weighted by Gasteiger charge is 2.39. The molecule has 0 saturated carbocycles. The van der Waals surface area contributed by atoms with E-state index < -0.39 is 12.1 Å². The van der Waals surface area contributed by atoms with Crippen molar-refractivity contribution < 1.29 is 22.5 Å². The molecule has 0 saturated heterocycles. The summed E-state index contributed by atoms with van der Waals surface area (Å²) < 4.78 is 39.5. The monoisotopic (exact) mass is 194 g/mol. The lowest BCUT2D eigenvalue weighted by Crippen LogP contribution is -2.30. The molecule has 0 aliphatic carbocycles. The Labute approximate surface area is 70.7 Å². The molecule has 1 aromatic rings. The Morgan fingerprint density at radius 1 is 1.62 bits per heavy atom. The number of nitrogens with one attached hydrogen (secondary N) is 1. The van der Waals surface area contributed by atoms with Gasteiger partial charge in [0.25, 0.3) is 0 Å². The molecule has 4 nitrogen and oxygen atoms in total. The number of anilines is 1. The first kappa shape index (κ1) is 9.56. The lowest BCUT2D eigenvalue weighted by molar-refractivity contribution is -0.167. The first-order valence-corrected chi connectivity index (χ1v) is 3.21. The van der Waals surface area contributed by atoms with Gasteiger partial charge >= 0.3 is 12.1 Å². The molecule has 0 atom stereocenters. The minimum absolute atomic E-state index is 0.250. The molecule has 0 spiro atoms. The van der Waals surface area contributed by atoms with Crippen LogP contribution in [-0.2, 0) is 4.79 Å². The largest absolute Gasteiger partial charge is 0.471 e. The first-order chi connectivity index (χ1) is 5.89. The van der Waals surface area contributed by atoms with E-state index in [2.05, 4.69) is 9.68 Å². The Kier molecular flexibility index (Phi) is 2.26. The SMILES string of the molecule is Cc1cc(NC(=O)C(F)(F)F)no1. The van der Waals surface area contributed by atoms with Crippen molar-refractivity contribution >= 4 is 11.7 Å². The van der Waals surface area contributed by atoms with Gasteiger partial charge in [-0.25, -0.2) is 0 Å². The van der Waals surface area contributed by atoms with E-state index in [0.717, 1.165) is 0 Å². The normalized spacial score (nSPS) is 11.4. The third-order valence-electron chi connectivity index (χ3n) is 1.13. The van der Waals surface area contributed by atoms with E-state index in [0.29, 0.717) is 5.76 Å². The number of nitrogens with zero attached hydrogens (tertiary/aromatic N) is 1. The number of hydrogen-bond donors (Lipinski definition) is 1. The number of aromatic nitrogens is 1. The van der Waals surface area contributed by atoms with Crippen molar-refractivity contribution in [3.05, 3.63) is 11.8 Å². The van der Waals surface area contributed by atoms with E-state index in [1.165, 1.54) is 18.3 Å². The van der Waals surface area contributed by atoms with Gasteiger partial charge in [-0.3, -0.25) is 10.1 Å². The highest BCUT2D eigenvalue weighted by Crippen LogP contribution is 2.17. The molecule has 0 aliphatic heterocycles. The molecule has 1 rings (SSSR count). The van der Waals surface area contributed by atoms with Crippen molar-refractivity contribution in [1.29, 1.82) is 0 Å². The predicted octanol–water partition coefficient (Wildman–Crippen LogP) is 1.48. The van der Waals surface area contributed by atoms with Gasteiger partial charge in [-0.05, 0) is 6.92 Å². The van der Waals surface area contributed by atoms with Crippen molar-refractivity contribution in [2.75, 3.05) is 5.32 Å². The summed E-state index contributed by atoms with van der Waals surface area (Å²) in [6.45, 7) is 1.50. The van der Waals surface area contributed by atoms with E-state index in [4.69, 9.17) is 0 Å². The summed E-state index contributed by atoms with van der Waals surface area (Å²) in [7, 11) is 0. The van der Waals surface area contributed by atoms with Crippen LogP contribution in [0.2, 0.25) is 0 Å². The van der Waals surface area contributed by atoms with Crippen LogP contribution in [0.3, 0.4) is 0 Å². The summed E-state index contributed by atoms with van der Waals surface area (Å²) >= 11 is 0. The molecule has 0 radical (unpaired) electrons. The fourth-order valence-electron chi connectivity index (χ4n) is 0.613. The average Bonchev–Trinajstić information content (AvgIpc) is 2.33. The smallest absolute Gasteiger partial charge is 0.360 e. The first-order valence-electron chi connectivity index (χ1n) is 3.21. The molecular weight excluding hydrogens is 189 g/mol. The number of amides is 1. The molecule has 7 heteroatoms. The van der Waals surface area contributed by atoms with Gasteiger partial charge in [0.1, 0.15) is 5.76 Å². The number of alkyl halides is 3. The van der Waals surface area contributed by atoms with Crippen molar-refractivity contribution in [3.8, 4) is 0 Å². The van der Waals surface area contributed by atoms with Gasteiger partial charge in [0.15, 0.2) is 5.82 Å². The topological polar surface area (TPSA) is 55.1 Å². The van der Waals surface area contributed by atoms with E-state index in [-0.39, 0.29) is 5.82 Å². The lowest BCUT2D eigenvalue weighted by Gasteiger charge is -2.03. The van der Waals surface area contributed by atoms with E-state index in [1.807, 2.05) is 0 Å². The van der Waals surface area contributed by atoms with Gasteiger partial charge < -0.3 is 4.52 Å². The van der Waals surface area contributed by atoms with Crippen LogP contribution in [-0.4, -0.2) is 17.2 Å². The predicted molar refractivity (Wildman–Crippen MR) is 35.9 cm³/mol. The van der Waals surface area contributed by atoms with Gasteiger partial charge in [-0.1, -0.05) is 5.16 Å². The van der Waals surface area contributed by atoms with Gasteiger partial charge in [-0.2, -0.15) is 13.2 Å². The molecule has 1 amide bonds. The minimum Gasteiger partial charge on any atom is -0.360 e. The maximum atomic E-state index is 11.7. The molecule has 1 heterocycles. The summed E-state index contributed by atoms with van der Waals surface area (Å²) in [4.78, 5) is 10.3. The Morgan fingerprint density at radius 3 is 2.62 bits per heavy atom. The van der Waals surface area contributed by atoms with Crippen LogP contribution in [0.4, 0.5) is 19.0 Å². The maximum Gasteiger partial charge on any atom is 0.471 e. The second kappa shape index (κ2) is 3.08. The van der Waals surface area contributed by atoms with E-state index in [1.54, 1.807) is 0 Å². The molecule has 1 aromatic heterocycles.